The maximum absolute atomic E-state index is 13.2. The molecule has 1 amide bonds. The van der Waals surface area contributed by atoms with Gasteiger partial charge in [-0.05, 0) is 31.4 Å². The van der Waals surface area contributed by atoms with Gasteiger partial charge in [0.2, 0.25) is 0 Å². The number of piperidine rings is 1. The Balaban J connectivity index is 1.84. The maximum atomic E-state index is 13.2. The molecular weight excluding hydrogens is 320 g/mol. The topological polar surface area (TPSA) is 70.1 Å². The van der Waals surface area contributed by atoms with E-state index in [-0.39, 0.29) is 12.5 Å². The Hall–Kier alpha value is -2.08. The molecule has 0 unspecified atom stereocenters. The molecule has 2 heterocycles. The zero-order chi connectivity index (χ0) is 17.9. The van der Waals surface area contributed by atoms with Gasteiger partial charge in [0.25, 0.3) is 5.91 Å². The van der Waals surface area contributed by atoms with Crippen molar-refractivity contribution in [2.24, 2.45) is 5.41 Å². The molecule has 1 N–H and O–H groups in total. The van der Waals surface area contributed by atoms with E-state index in [1.54, 1.807) is 4.90 Å². The van der Waals surface area contributed by atoms with Crippen LogP contribution in [0.3, 0.4) is 0 Å². The number of amides is 1. The second-order valence-corrected chi connectivity index (χ2v) is 6.89. The second kappa shape index (κ2) is 7.44. The summed E-state index contributed by atoms with van der Waals surface area (Å²) in [4.78, 5) is 28.8. The molecule has 25 heavy (non-hydrogen) atoms. The number of carboxylic acid groups (broad SMARTS) is 1. The molecule has 1 atom stereocenters. The molecule has 2 aliphatic rings. The summed E-state index contributed by atoms with van der Waals surface area (Å²) >= 11 is 0. The van der Waals surface area contributed by atoms with Crippen molar-refractivity contribution in [1.29, 1.82) is 0 Å². The van der Waals surface area contributed by atoms with E-state index in [0.29, 0.717) is 38.2 Å². The lowest BCUT2D eigenvalue weighted by Gasteiger charge is -2.40. The number of aliphatic carboxylic acids is 1. The van der Waals surface area contributed by atoms with Gasteiger partial charge in [0.15, 0.2) is 0 Å². The Morgan fingerprint density at radius 1 is 1.20 bits per heavy atom. The zero-order valence-corrected chi connectivity index (χ0v) is 14.7. The number of carbonyl (C=O) groups excluding carboxylic acids is 1. The van der Waals surface area contributed by atoms with Crippen molar-refractivity contribution >= 4 is 17.6 Å². The van der Waals surface area contributed by atoms with E-state index in [2.05, 4.69) is 4.90 Å². The van der Waals surface area contributed by atoms with Crippen LogP contribution < -0.4 is 4.90 Å². The first kappa shape index (κ1) is 17.7. The lowest BCUT2D eigenvalue weighted by Crippen LogP contribution is -2.50. The van der Waals surface area contributed by atoms with Crippen molar-refractivity contribution in [1.82, 2.24) is 4.90 Å². The standard InChI is InChI=1S/C19H26N2O4/c1-2-19(18(23)24)8-5-9-21(14-19)17(22)15-6-3-4-7-16(15)20-10-12-25-13-11-20/h3-4,6-7H,2,5,8-14H2,1H3,(H,23,24)/t19-/m0/s1. The number of carboxylic acids is 1. The van der Waals surface area contributed by atoms with Gasteiger partial charge in [0.05, 0.1) is 24.2 Å². The third kappa shape index (κ3) is 3.49. The molecule has 2 aliphatic heterocycles. The number of ether oxygens (including phenoxy) is 1. The number of hydrogen-bond acceptors (Lipinski definition) is 4. The summed E-state index contributed by atoms with van der Waals surface area (Å²) in [6, 6.07) is 7.61. The summed E-state index contributed by atoms with van der Waals surface area (Å²) in [5.74, 6) is -0.866. The van der Waals surface area contributed by atoms with Crippen molar-refractivity contribution in [3.63, 3.8) is 0 Å². The van der Waals surface area contributed by atoms with Crippen LogP contribution in [0.25, 0.3) is 0 Å². The molecule has 0 radical (unpaired) electrons. The highest BCUT2D eigenvalue weighted by Crippen LogP contribution is 2.35. The second-order valence-electron chi connectivity index (χ2n) is 6.89. The minimum Gasteiger partial charge on any atom is -0.481 e. The molecule has 1 aromatic rings. The minimum absolute atomic E-state index is 0.0686. The fourth-order valence-corrected chi connectivity index (χ4v) is 3.82. The smallest absolute Gasteiger partial charge is 0.311 e. The monoisotopic (exact) mass is 346 g/mol. The molecule has 2 saturated heterocycles. The summed E-state index contributed by atoms with van der Waals surface area (Å²) in [5.41, 5.74) is 0.752. The van der Waals surface area contributed by atoms with Gasteiger partial charge in [-0.15, -0.1) is 0 Å². The molecular formula is C19H26N2O4. The molecule has 3 rings (SSSR count). The number of carbonyl (C=O) groups is 2. The Morgan fingerprint density at radius 2 is 1.92 bits per heavy atom. The average molecular weight is 346 g/mol. The molecule has 0 bridgehead atoms. The summed E-state index contributed by atoms with van der Waals surface area (Å²) in [5, 5.41) is 9.66. The number of benzene rings is 1. The summed E-state index contributed by atoms with van der Waals surface area (Å²) in [6.07, 6.45) is 1.90. The van der Waals surface area contributed by atoms with Crippen LogP contribution in [0.2, 0.25) is 0 Å². The summed E-state index contributed by atoms with van der Waals surface area (Å²) < 4.78 is 5.40. The van der Waals surface area contributed by atoms with Gasteiger partial charge < -0.3 is 19.6 Å². The molecule has 2 fully saturated rings. The molecule has 0 aliphatic carbocycles. The molecule has 0 aromatic heterocycles. The Bertz CT molecular complexity index is 642. The predicted molar refractivity (Wildman–Crippen MR) is 95.0 cm³/mol. The third-order valence-electron chi connectivity index (χ3n) is 5.48. The number of morpholine rings is 1. The van der Waals surface area contributed by atoms with Gasteiger partial charge in [-0.1, -0.05) is 19.1 Å². The molecule has 136 valence electrons. The van der Waals surface area contributed by atoms with E-state index in [9.17, 15) is 14.7 Å². The van der Waals surface area contributed by atoms with Crippen LogP contribution in [0.1, 0.15) is 36.5 Å². The highest BCUT2D eigenvalue weighted by atomic mass is 16.5. The molecule has 0 saturated carbocycles. The van der Waals surface area contributed by atoms with Crippen molar-refractivity contribution in [3.8, 4) is 0 Å². The molecule has 0 spiro atoms. The Labute approximate surface area is 148 Å². The van der Waals surface area contributed by atoms with Gasteiger partial charge in [0.1, 0.15) is 0 Å². The van der Waals surface area contributed by atoms with Crippen molar-refractivity contribution < 1.29 is 19.4 Å². The minimum atomic E-state index is -0.818. The van der Waals surface area contributed by atoms with E-state index in [4.69, 9.17) is 4.74 Å². The number of para-hydroxylation sites is 1. The normalized spacial score (nSPS) is 24.2. The first-order valence-electron chi connectivity index (χ1n) is 9.02. The zero-order valence-electron chi connectivity index (χ0n) is 14.7. The maximum Gasteiger partial charge on any atom is 0.311 e. The Kier molecular flexibility index (Phi) is 5.27. The van der Waals surface area contributed by atoms with Crippen molar-refractivity contribution in [2.75, 3.05) is 44.3 Å². The van der Waals surface area contributed by atoms with Crippen LogP contribution in [0, 0.1) is 5.41 Å². The average Bonchev–Trinajstić information content (AvgIpc) is 2.68. The van der Waals surface area contributed by atoms with Gasteiger partial charge in [-0.3, -0.25) is 9.59 Å². The predicted octanol–water partition coefficient (Wildman–Crippen LogP) is 2.24. The number of rotatable bonds is 4. The third-order valence-corrected chi connectivity index (χ3v) is 5.48. The lowest BCUT2D eigenvalue weighted by atomic mass is 9.77. The number of likely N-dealkylation sites (tertiary alicyclic amines) is 1. The largest absolute Gasteiger partial charge is 0.481 e. The van der Waals surface area contributed by atoms with Crippen LogP contribution in [-0.4, -0.2) is 61.3 Å². The van der Waals surface area contributed by atoms with Crippen LogP contribution in [0.5, 0.6) is 0 Å². The highest BCUT2D eigenvalue weighted by molar-refractivity contribution is 6.00. The van der Waals surface area contributed by atoms with E-state index in [1.165, 1.54) is 0 Å². The quantitative estimate of drug-likeness (QED) is 0.905. The van der Waals surface area contributed by atoms with Gasteiger partial charge >= 0.3 is 5.97 Å². The molecule has 1 aromatic carbocycles. The van der Waals surface area contributed by atoms with Crippen LogP contribution in [-0.2, 0) is 9.53 Å². The summed E-state index contributed by atoms with van der Waals surface area (Å²) in [6.45, 7) is 5.63. The SMILES string of the molecule is CC[C@]1(C(=O)O)CCCN(C(=O)c2ccccc2N2CCOCC2)C1. The Morgan fingerprint density at radius 3 is 2.60 bits per heavy atom. The fourth-order valence-electron chi connectivity index (χ4n) is 3.82. The van der Waals surface area contributed by atoms with Crippen molar-refractivity contribution in [3.05, 3.63) is 29.8 Å². The van der Waals surface area contributed by atoms with Crippen LogP contribution in [0.15, 0.2) is 24.3 Å². The van der Waals surface area contributed by atoms with Crippen molar-refractivity contribution in [2.45, 2.75) is 26.2 Å². The van der Waals surface area contributed by atoms with Crippen LogP contribution in [0.4, 0.5) is 5.69 Å². The molecule has 6 nitrogen and oxygen atoms in total. The number of hydrogen-bond donors (Lipinski definition) is 1. The van der Waals surface area contributed by atoms with E-state index in [0.717, 1.165) is 25.2 Å². The molecule has 6 heteroatoms. The number of nitrogens with zero attached hydrogens (tertiary/aromatic N) is 2. The van der Waals surface area contributed by atoms with E-state index >= 15 is 0 Å². The number of anilines is 1. The van der Waals surface area contributed by atoms with Gasteiger partial charge in [-0.2, -0.15) is 0 Å². The van der Waals surface area contributed by atoms with Gasteiger partial charge in [-0.25, -0.2) is 0 Å². The summed E-state index contributed by atoms with van der Waals surface area (Å²) in [7, 11) is 0. The van der Waals surface area contributed by atoms with E-state index in [1.807, 2.05) is 31.2 Å². The highest BCUT2D eigenvalue weighted by Gasteiger charge is 2.42. The van der Waals surface area contributed by atoms with Gasteiger partial charge in [0, 0.05) is 31.9 Å². The van der Waals surface area contributed by atoms with E-state index < -0.39 is 11.4 Å². The lowest BCUT2D eigenvalue weighted by molar-refractivity contribution is -0.152. The van der Waals surface area contributed by atoms with Crippen LogP contribution >= 0.6 is 0 Å². The fraction of sp³-hybridized carbons (Fsp3) is 0.579. The first-order chi connectivity index (χ1) is 12.1. The first-order valence-corrected chi connectivity index (χ1v) is 9.02.